The molecular formula is C10H18N2O. The molecule has 74 valence electrons. The normalized spacial score (nSPS) is 13.2. The lowest BCUT2D eigenvalue weighted by Gasteiger charge is -2.08. The third-order valence-electron chi connectivity index (χ3n) is 2.04. The van der Waals surface area contributed by atoms with Crippen LogP contribution in [0.15, 0.2) is 16.5 Å². The van der Waals surface area contributed by atoms with Crippen LogP contribution in [0.25, 0.3) is 0 Å². The maximum absolute atomic E-state index is 5.52. The Morgan fingerprint density at radius 1 is 1.46 bits per heavy atom. The van der Waals surface area contributed by atoms with Crippen LogP contribution in [0.3, 0.4) is 0 Å². The van der Waals surface area contributed by atoms with E-state index >= 15 is 0 Å². The van der Waals surface area contributed by atoms with Gasteiger partial charge in [-0.3, -0.25) is 0 Å². The van der Waals surface area contributed by atoms with Gasteiger partial charge in [-0.05, 0) is 19.1 Å². The Hall–Kier alpha value is -0.800. The highest BCUT2D eigenvalue weighted by Crippen LogP contribution is 2.07. The zero-order valence-electron chi connectivity index (χ0n) is 8.34. The molecule has 0 fully saturated rings. The summed E-state index contributed by atoms with van der Waals surface area (Å²) in [5, 5.41) is 3.27. The average Bonchev–Trinajstić information content (AvgIpc) is 2.61. The van der Waals surface area contributed by atoms with Gasteiger partial charge in [0.2, 0.25) is 0 Å². The lowest BCUT2D eigenvalue weighted by atomic mass is 10.3. The topological polar surface area (TPSA) is 51.2 Å². The largest absolute Gasteiger partial charge is 0.465 e. The predicted octanol–water partition coefficient (Wildman–Crippen LogP) is 1.28. The molecule has 3 nitrogen and oxygen atoms in total. The Bertz CT molecular complexity index is 245. The lowest BCUT2D eigenvalue weighted by Crippen LogP contribution is -2.32. The van der Waals surface area contributed by atoms with Gasteiger partial charge in [0.25, 0.3) is 0 Å². The van der Waals surface area contributed by atoms with E-state index in [4.69, 9.17) is 10.2 Å². The molecule has 0 bridgehead atoms. The van der Waals surface area contributed by atoms with Crippen LogP contribution in [0.4, 0.5) is 0 Å². The number of aryl methyl sites for hydroxylation is 1. The minimum atomic E-state index is 0.343. The highest BCUT2D eigenvalue weighted by atomic mass is 16.3. The molecular weight excluding hydrogens is 164 g/mol. The molecule has 0 radical (unpaired) electrons. The fourth-order valence-electron chi connectivity index (χ4n) is 1.07. The first-order valence-electron chi connectivity index (χ1n) is 4.77. The molecule has 1 heterocycles. The van der Waals surface area contributed by atoms with E-state index in [1.54, 1.807) is 0 Å². The molecule has 13 heavy (non-hydrogen) atoms. The summed E-state index contributed by atoms with van der Waals surface area (Å²) in [5.41, 5.74) is 5.47. The van der Waals surface area contributed by atoms with Crippen molar-refractivity contribution in [3.63, 3.8) is 0 Å². The number of nitrogens with two attached hydrogens (primary N) is 1. The molecule has 1 rings (SSSR count). The van der Waals surface area contributed by atoms with Gasteiger partial charge in [-0.2, -0.15) is 0 Å². The fraction of sp³-hybridized carbons (Fsp3) is 0.600. The van der Waals surface area contributed by atoms with Crippen LogP contribution < -0.4 is 11.1 Å². The number of furan rings is 1. The van der Waals surface area contributed by atoms with Crippen molar-refractivity contribution >= 4 is 0 Å². The second-order valence-electron chi connectivity index (χ2n) is 3.24. The molecule has 0 aliphatic carbocycles. The van der Waals surface area contributed by atoms with E-state index in [1.165, 1.54) is 0 Å². The second-order valence-corrected chi connectivity index (χ2v) is 3.24. The first-order valence-corrected chi connectivity index (χ1v) is 4.77. The summed E-state index contributed by atoms with van der Waals surface area (Å²) in [4.78, 5) is 0. The summed E-state index contributed by atoms with van der Waals surface area (Å²) in [5.74, 6) is 2.02. The van der Waals surface area contributed by atoms with Gasteiger partial charge in [0, 0.05) is 19.0 Å². The zero-order valence-corrected chi connectivity index (χ0v) is 8.34. The van der Waals surface area contributed by atoms with E-state index in [9.17, 15) is 0 Å². The highest BCUT2D eigenvalue weighted by Gasteiger charge is 2.02. The molecule has 0 saturated heterocycles. The summed E-state index contributed by atoms with van der Waals surface area (Å²) in [6, 6.07) is 4.37. The SMILES string of the molecule is CCc1ccc(CNC(C)CN)o1. The Balaban J connectivity index is 2.36. The number of nitrogens with one attached hydrogen (secondary N) is 1. The van der Waals surface area contributed by atoms with Gasteiger partial charge >= 0.3 is 0 Å². The molecule has 0 spiro atoms. The summed E-state index contributed by atoms with van der Waals surface area (Å²) in [6.07, 6.45) is 0.951. The van der Waals surface area contributed by atoms with Crippen LogP contribution in [-0.2, 0) is 13.0 Å². The molecule has 0 amide bonds. The monoisotopic (exact) mass is 182 g/mol. The van der Waals surface area contributed by atoms with Crippen molar-refractivity contribution in [1.82, 2.24) is 5.32 Å². The molecule has 3 heteroatoms. The first kappa shape index (κ1) is 10.3. The van der Waals surface area contributed by atoms with Gasteiger partial charge in [0.05, 0.1) is 6.54 Å². The molecule has 0 aliphatic rings. The average molecular weight is 182 g/mol. The van der Waals surface area contributed by atoms with Crippen molar-refractivity contribution < 1.29 is 4.42 Å². The molecule has 0 saturated carbocycles. The Morgan fingerprint density at radius 3 is 2.69 bits per heavy atom. The van der Waals surface area contributed by atoms with Crippen molar-refractivity contribution in [3.05, 3.63) is 23.7 Å². The van der Waals surface area contributed by atoms with Crippen LogP contribution in [0.2, 0.25) is 0 Å². The van der Waals surface area contributed by atoms with Crippen LogP contribution in [0.5, 0.6) is 0 Å². The van der Waals surface area contributed by atoms with E-state index in [2.05, 4.69) is 19.2 Å². The smallest absolute Gasteiger partial charge is 0.117 e. The summed E-state index contributed by atoms with van der Waals surface area (Å²) < 4.78 is 5.52. The Morgan fingerprint density at radius 2 is 2.15 bits per heavy atom. The standard InChI is InChI=1S/C10H18N2O/c1-3-9-4-5-10(13-9)7-12-8(2)6-11/h4-5,8,12H,3,6-7,11H2,1-2H3. The number of rotatable bonds is 5. The van der Waals surface area contributed by atoms with Crippen molar-refractivity contribution in [2.75, 3.05) is 6.54 Å². The van der Waals surface area contributed by atoms with Crippen LogP contribution in [0, 0.1) is 0 Å². The third kappa shape index (κ3) is 3.20. The van der Waals surface area contributed by atoms with Crippen molar-refractivity contribution in [2.24, 2.45) is 5.73 Å². The predicted molar refractivity (Wildman–Crippen MR) is 53.4 cm³/mol. The Kier molecular flexibility index (Phi) is 3.99. The van der Waals surface area contributed by atoms with Gasteiger partial charge < -0.3 is 15.5 Å². The summed E-state index contributed by atoms with van der Waals surface area (Å²) in [7, 11) is 0. The molecule has 3 N–H and O–H groups in total. The van der Waals surface area contributed by atoms with E-state index in [-0.39, 0.29) is 0 Å². The second kappa shape index (κ2) is 5.04. The molecule has 0 aromatic carbocycles. The van der Waals surface area contributed by atoms with Gasteiger partial charge in [-0.25, -0.2) is 0 Å². The van der Waals surface area contributed by atoms with E-state index in [1.807, 2.05) is 12.1 Å². The minimum Gasteiger partial charge on any atom is -0.465 e. The van der Waals surface area contributed by atoms with Crippen LogP contribution in [0.1, 0.15) is 25.4 Å². The lowest BCUT2D eigenvalue weighted by molar-refractivity contribution is 0.433. The van der Waals surface area contributed by atoms with Gasteiger partial charge in [-0.15, -0.1) is 0 Å². The maximum atomic E-state index is 5.52. The van der Waals surface area contributed by atoms with Gasteiger partial charge in [0.1, 0.15) is 11.5 Å². The molecule has 1 unspecified atom stereocenters. The third-order valence-corrected chi connectivity index (χ3v) is 2.04. The van der Waals surface area contributed by atoms with E-state index in [0.717, 1.165) is 24.5 Å². The van der Waals surface area contributed by atoms with Crippen molar-refractivity contribution in [2.45, 2.75) is 32.9 Å². The van der Waals surface area contributed by atoms with Crippen LogP contribution in [-0.4, -0.2) is 12.6 Å². The molecule has 1 aromatic heterocycles. The highest BCUT2D eigenvalue weighted by molar-refractivity contribution is 5.06. The molecule has 0 aliphatic heterocycles. The van der Waals surface area contributed by atoms with Crippen molar-refractivity contribution in [3.8, 4) is 0 Å². The quantitative estimate of drug-likeness (QED) is 0.721. The molecule has 1 atom stereocenters. The van der Waals surface area contributed by atoms with Gasteiger partial charge in [0.15, 0.2) is 0 Å². The summed E-state index contributed by atoms with van der Waals surface area (Å²) in [6.45, 7) is 5.56. The van der Waals surface area contributed by atoms with Crippen LogP contribution >= 0.6 is 0 Å². The first-order chi connectivity index (χ1) is 6.26. The van der Waals surface area contributed by atoms with Gasteiger partial charge in [-0.1, -0.05) is 6.92 Å². The number of hydrogen-bond acceptors (Lipinski definition) is 3. The fourth-order valence-corrected chi connectivity index (χ4v) is 1.07. The summed E-state index contributed by atoms with van der Waals surface area (Å²) >= 11 is 0. The maximum Gasteiger partial charge on any atom is 0.117 e. The number of hydrogen-bond donors (Lipinski definition) is 2. The van der Waals surface area contributed by atoms with E-state index in [0.29, 0.717) is 12.6 Å². The van der Waals surface area contributed by atoms with Crippen molar-refractivity contribution in [1.29, 1.82) is 0 Å². The molecule has 1 aromatic rings. The minimum absolute atomic E-state index is 0.343. The Labute approximate surface area is 79.3 Å². The zero-order chi connectivity index (χ0) is 9.68. The van der Waals surface area contributed by atoms with E-state index < -0.39 is 0 Å².